The Morgan fingerprint density at radius 2 is 2.12 bits per heavy atom. The lowest BCUT2D eigenvalue weighted by molar-refractivity contribution is 0.0694. The summed E-state index contributed by atoms with van der Waals surface area (Å²) in [5, 5.41) is 14.5. The summed E-state index contributed by atoms with van der Waals surface area (Å²) in [4.78, 5) is 21.9. The average Bonchev–Trinajstić information content (AvgIpc) is 2.29. The third-order valence-corrected chi connectivity index (χ3v) is 2.15. The Hall–Kier alpha value is -2.50. The molecule has 0 amide bonds. The van der Waals surface area contributed by atoms with E-state index in [-0.39, 0.29) is 5.69 Å². The third kappa shape index (κ3) is 2.20. The van der Waals surface area contributed by atoms with E-state index in [4.69, 9.17) is 5.11 Å². The summed E-state index contributed by atoms with van der Waals surface area (Å²) in [5.74, 6) is -1.82. The van der Waals surface area contributed by atoms with Gasteiger partial charge in [0.1, 0.15) is 11.4 Å². The number of carbonyl (C=O) groups is 1. The zero-order valence-corrected chi connectivity index (χ0v) is 8.48. The molecule has 6 heteroatoms. The van der Waals surface area contributed by atoms with Crippen molar-refractivity contribution in [3.05, 3.63) is 52.1 Å². The number of hydrogen-bond acceptors (Lipinski definition) is 3. The first-order chi connectivity index (χ1) is 8.08. The fraction of sp³-hybridized carbons (Fsp3) is 0. The summed E-state index contributed by atoms with van der Waals surface area (Å²) in [5.41, 5.74) is -0.637. The van der Waals surface area contributed by atoms with Crippen LogP contribution < -0.4 is 5.56 Å². The van der Waals surface area contributed by atoms with Crippen molar-refractivity contribution >= 4 is 5.97 Å². The largest absolute Gasteiger partial charge is 0.477 e. The molecular formula is C11H7FN2O3. The summed E-state index contributed by atoms with van der Waals surface area (Å²) in [7, 11) is 0. The van der Waals surface area contributed by atoms with Gasteiger partial charge in [0.05, 0.1) is 5.69 Å². The Balaban J connectivity index is 2.58. The zero-order valence-electron chi connectivity index (χ0n) is 8.48. The van der Waals surface area contributed by atoms with Gasteiger partial charge in [-0.25, -0.2) is 14.3 Å². The number of carboxylic acid groups (broad SMARTS) is 1. The van der Waals surface area contributed by atoms with Crippen LogP contribution in [0.15, 0.2) is 35.1 Å². The molecule has 17 heavy (non-hydrogen) atoms. The molecule has 2 N–H and O–H groups in total. The minimum Gasteiger partial charge on any atom is -0.477 e. The Labute approximate surface area is 94.5 Å². The summed E-state index contributed by atoms with van der Waals surface area (Å²) in [6, 6.07) is 6.60. The lowest BCUT2D eigenvalue weighted by Crippen LogP contribution is -2.18. The molecule has 0 atom stereocenters. The third-order valence-electron chi connectivity index (χ3n) is 2.15. The maximum Gasteiger partial charge on any atom is 0.341 e. The maximum absolute atomic E-state index is 13.0. The number of carboxylic acids is 1. The van der Waals surface area contributed by atoms with Crippen molar-refractivity contribution in [3.63, 3.8) is 0 Å². The number of aromatic amines is 1. The molecule has 1 aromatic carbocycles. The van der Waals surface area contributed by atoms with Crippen LogP contribution in [0.2, 0.25) is 0 Å². The van der Waals surface area contributed by atoms with E-state index >= 15 is 0 Å². The molecule has 0 saturated carbocycles. The first-order valence-electron chi connectivity index (χ1n) is 4.67. The summed E-state index contributed by atoms with van der Waals surface area (Å²) < 4.78 is 13.0. The van der Waals surface area contributed by atoms with Crippen LogP contribution in [0, 0.1) is 5.82 Å². The highest BCUT2D eigenvalue weighted by molar-refractivity contribution is 5.88. The summed E-state index contributed by atoms with van der Waals surface area (Å²) in [6.45, 7) is 0. The van der Waals surface area contributed by atoms with Gasteiger partial charge in [-0.1, -0.05) is 12.1 Å². The van der Waals surface area contributed by atoms with Gasteiger partial charge >= 0.3 is 5.97 Å². The molecule has 0 saturated heterocycles. The number of aromatic carboxylic acids is 1. The summed E-state index contributed by atoms with van der Waals surface area (Å²) in [6.07, 6.45) is 0. The van der Waals surface area contributed by atoms with Crippen molar-refractivity contribution in [1.29, 1.82) is 0 Å². The lowest BCUT2D eigenvalue weighted by atomic mass is 10.1. The van der Waals surface area contributed by atoms with Crippen LogP contribution in [0.4, 0.5) is 4.39 Å². The second kappa shape index (κ2) is 4.17. The molecule has 2 rings (SSSR count). The highest BCUT2D eigenvalue weighted by atomic mass is 19.1. The zero-order chi connectivity index (χ0) is 12.4. The van der Waals surface area contributed by atoms with Crippen molar-refractivity contribution in [3.8, 4) is 11.3 Å². The molecule has 0 fully saturated rings. The quantitative estimate of drug-likeness (QED) is 0.819. The molecule has 0 aliphatic carbocycles. The smallest absolute Gasteiger partial charge is 0.341 e. The van der Waals surface area contributed by atoms with Crippen molar-refractivity contribution < 1.29 is 14.3 Å². The van der Waals surface area contributed by atoms with E-state index in [1.807, 2.05) is 0 Å². The van der Waals surface area contributed by atoms with Gasteiger partial charge in [0.2, 0.25) is 0 Å². The first kappa shape index (κ1) is 11.0. The molecule has 1 aromatic heterocycles. The van der Waals surface area contributed by atoms with Gasteiger partial charge in [-0.2, -0.15) is 5.10 Å². The number of aromatic nitrogens is 2. The maximum atomic E-state index is 13.0. The van der Waals surface area contributed by atoms with Crippen molar-refractivity contribution in [1.82, 2.24) is 10.2 Å². The van der Waals surface area contributed by atoms with Crippen LogP contribution in [0.25, 0.3) is 11.3 Å². The van der Waals surface area contributed by atoms with Crippen LogP contribution in [0.5, 0.6) is 0 Å². The van der Waals surface area contributed by atoms with E-state index in [1.54, 1.807) is 6.07 Å². The SMILES string of the molecule is O=C(O)c1cc(-c2cccc(F)c2)n[nH]c1=O. The van der Waals surface area contributed by atoms with Gasteiger partial charge < -0.3 is 5.11 Å². The Kier molecular flexibility index (Phi) is 2.70. The van der Waals surface area contributed by atoms with Crippen LogP contribution in [0.1, 0.15) is 10.4 Å². The lowest BCUT2D eigenvalue weighted by Gasteiger charge is -2.01. The minimum atomic E-state index is -1.36. The van der Waals surface area contributed by atoms with E-state index in [0.717, 1.165) is 6.07 Å². The van der Waals surface area contributed by atoms with Gasteiger partial charge in [0, 0.05) is 5.56 Å². The standard InChI is InChI=1S/C11H7FN2O3/c12-7-3-1-2-6(4-7)9-5-8(11(16)17)10(15)14-13-9/h1-5H,(H,14,15)(H,16,17). The van der Waals surface area contributed by atoms with Crippen LogP contribution in [0.3, 0.4) is 0 Å². The fourth-order valence-electron chi connectivity index (χ4n) is 1.36. The second-order valence-corrected chi connectivity index (χ2v) is 3.31. The molecule has 0 unspecified atom stereocenters. The molecule has 2 aromatic rings. The highest BCUT2D eigenvalue weighted by Crippen LogP contribution is 2.16. The topological polar surface area (TPSA) is 83.0 Å². The van der Waals surface area contributed by atoms with Gasteiger partial charge in [0.15, 0.2) is 0 Å². The number of nitrogens with one attached hydrogen (secondary N) is 1. The van der Waals surface area contributed by atoms with Crippen molar-refractivity contribution in [2.24, 2.45) is 0 Å². The molecular weight excluding hydrogens is 227 g/mol. The van der Waals surface area contributed by atoms with Crippen molar-refractivity contribution in [2.45, 2.75) is 0 Å². The Morgan fingerprint density at radius 3 is 2.76 bits per heavy atom. The number of nitrogens with zero attached hydrogens (tertiary/aromatic N) is 1. The number of halogens is 1. The molecule has 86 valence electrons. The van der Waals surface area contributed by atoms with Gasteiger partial charge in [-0.3, -0.25) is 4.79 Å². The van der Waals surface area contributed by atoms with E-state index < -0.39 is 22.9 Å². The molecule has 0 spiro atoms. The van der Waals surface area contributed by atoms with Gasteiger partial charge in [-0.15, -0.1) is 0 Å². The number of rotatable bonds is 2. The number of hydrogen-bond donors (Lipinski definition) is 2. The second-order valence-electron chi connectivity index (χ2n) is 3.31. The molecule has 0 aliphatic heterocycles. The highest BCUT2D eigenvalue weighted by Gasteiger charge is 2.11. The molecule has 1 heterocycles. The fourth-order valence-corrected chi connectivity index (χ4v) is 1.36. The predicted octanol–water partition coefficient (Wildman–Crippen LogP) is 1.27. The molecule has 0 bridgehead atoms. The van der Waals surface area contributed by atoms with E-state index in [9.17, 15) is 14.0 Å². The number of H-pyrrole nitrogens is 1. The molecule has 0 aliphatic rings. The van der Waals surface area contributed by atoms with Crippen LogP contribution in [-0.2, 0) is 0 Å². The van der Waals surface area contributed by atoms with Gasteiger partial charge in [0.25, 0.3) is 5.56 Å². The molecule has 0 radical (unpaired) electrons. The molecule has 5 nitrogen and oxygen atoms in total. The van der Waals surface area contributed by atoms with Crippen LogP contribution in [-0.4, -0.2) is 21.3 Å². The normalized spacial score (nSPS) is 10.2. The van der Waals surface area contributed by atoms with E-state index in [1.165, 1.54) is 18.2 Å². The average molecular weight is 234 g/mol. The number of benzene rings is 1. The van der Waals surface area contributed by atoms with Crippen LogP contribution >= 0.6 is 0 Å². The van der Waals surface area contributed by atoms with Gasteiger partial charge in [-0.05, 0) is 18.2 Å². The first-order valence-corrected chi connectivity index (χ1v) is 4.67. The van der Waals surface area contributed by atoms with E-state index in [0.29, 0.717) is 5.56 Å². The Morgan fingerprint density at radius 1 is 1.35 bits per heavy atom. The minimum absolute atomic E-state index is 0.196. The monoisotopic (exact) mass is 234 g/mol. The van der Waals surface area contributed by atoms with Crippen molar-refractivity contribution in [2.75, 3.05) is 0 Å². The Bertz CT molecular complexity index is 637. The van der Waals surface area contributed by atoms with E-state index in [2.05, 4.69) is 10.2 Å². The summed E-state index contributed by atoms with van der Waals surface area (Å²) >= 11 is 0. The predicted molar refractivity (Wildman–Crippen MR) is 57.2 cm³/mol.